The van der Waals surface area contributed by atoms with Gasteiger partial charge >= 0.3 is 0 Å². The van der Waals surface area contributed by atoms with Gasteiger partial charge in [-0.15, -0.1) is 11.8 Å². The Balaban J connectivity index is 3.07. The van der Waals surface area contributed by atoms with E-state index >= 15 is 0 Å². The van der Waals surface area contributed by atoms with Crippen LogP contribution in [0.5, 0.6) is 0 Å². The Hall–Kier alpha value is -1.27. The van der Waals surface area contributed by atoms with E-state index in [9.17, 15) is 4.79 Å². The van der Waals surface area contributed by atoms with Gasteiger partial charge in [-0.1, -0.05) is 25.2 Å². The molecule has 0 fully saturated rings. The van der Waals surface area contributed by atoms with Gasteiger partial charge in [-0.2, -0.15) is 0 Å². The molecule has 0 aliphatic heterocycles. The maximum absolute atomic E-state index is 11.7. The minimum Gasteiger partial charge on any atom is -0.389 e. The molecule has 0 bridgehead atoms. The van der Waals surface area contributed by atoms with E-state index in [0.29, 0.717) is 11.5 Å². The molecule has 4 nitrogen and oxygen atoms in total. The lowest BCUT2D eigenvalue weighted by Gasteiger charge is -2.23. The van der Waals surface area contributed by atoms with Crippen LogP contribution in [0.3, 0.4) is 0 Å². The van der Waals surface area contributed by atoms with Gasteiger partial charge in [0.25, 0.3) is 0 Å². The van der Waals surface area contributed by atoms with Crippen molar-refractivity contribution in [3.63, 3.8) is 0 Å². The van der Waals surface area contributed by atoms with Gasteiger partial charge in [-0.3, -0.25) is 4.79 Å². The van der Waals surface area contributed by atoms with Gasteiger partial charge in [0.05, 0.1) is 6.54 Å². The lowest BCUT2D eigenvalue weighted by molar-refractivity contribution is -0.119. The minimum atomic E-state index is -0.0163. The first-order chi connectivity index (χ1) is 9.51. The minimum absolute atomic E-state index is 0.0163. The molecule has 1 aromatic carbocycles. The number of carbonyl (C=O) groups is 1. The number of hydrogen-bond donors (Lipinski definition) is 2. The average Bonchev–Trinajstić information content (AvgIpc) is 2.38. The molecule has 0 saturated heterocycles. The number of nitrogens with one attached hydrogen (secondary N) is 1. The van der Waals surface area contributed by atoms with E-state index in [2.05, 4.69) is 12.2 Å². The Bertz CT molecular complexity index is 491. The quantitative estimate of drug-likeness (QED) is 0.596. The van der Waals surface area contributed by atoms with Crippen molar-refractivity contribution < 1.29 is 4.79 Å². The van der Waals surface area contributed by atoms with E-state index in [1.165, 1.54) is 0 Å². The molecule has 1 aromatic rings. The first-order valence-electron chi connectivity index (χ1n) is 6.54. The van der Waals surface area contributed by atoms with E-state index in [1.54, 1.807) is 11.8 Å². The molecule has 0 aromatic heterocycles. The fraction of sp³-hybridized carbons (Fsp3) is 0.429. The number of nitrogens with zero attached hydrogens (tertiary/aromatic N) is 1. The Morgan fingerprint density at radius 1 is 1.45 bits per heavy atom. The smallest absolute Gasteiger partial charge is 0.239 e. The molecule has 0 spiro atoms. The van der Waals surface area contributed by atoms with Crippen LogP contribution in [0.1, 0.15) is 19.4 Å². The molecular formula is C14H21N3OS2. The third-order valence-electron chi connectivity index (χ3n) is 2.72. The molecular weight excluding hydrogens is 290 g/mol. The SMILES string of the molecule is CCNC(=O)CN(C)c1cccc(SCC)c1C(N)=S. The van der Waals surface area contributed by atoms with Crippen LogP contribution in [0, 0.1) is 0 Å². The summed E-state index contributed by atoms with van der Waals surface area (Å²) in [6, 6.07) is 5.91. The second-order valence-electron chi connectivity index (χ2n) is 4.26. The standard InChI is InChI=1S/C14H21N3OS2/c1-4-16-12(18)9-17(3)10-7-6-8-11(20-5-2)13(10)14(15)19/h6-8H,4-5,9H2,1-3H3,(H2,15,19)(H,16,18). The number of benzene rings is 1. The average molecular weight is 311 g/mol. The summed E-state index contributed by atoms with van der Waals surface area (Å²) in [5.41, 5.74) is 7.60. The lowest BCUT2D eigenvalue weighted by Crippen LogP contribution is -2.35. The van der Waals surface area contributed by atoms with Crippen molar-refractivity contribution in [1.82, 2.24) is 5.32 Å². The summed E-state index contributed by atoms with van der Waals surface area (Å²) in [5, 5.41) is 2.78. The third kappa shape index (κ3) is 4.38. The van der Waals surface area contributed by atoms with Gasteiger partial charge in [0.15, 0.2) is 0 Å². The Kier molecular flexibility index (Phi) is 6.81. The van der Waals surface area contributed by atoms with Gasteiger partial charge in [-0.25, -0.2) is 0 Å². The van der Waals surface area contributed by atoms with Crippen LogP contribution in [0.15, 0.2) is 23.1 Å². The number of thioether (sulfide) groups is 1. The molecule has 1 amide bonds. The maximum Gasteiger partial charge on any atom is 0.239 e. The molecule has 3 N–H and O–H groups in total. The van der Waals surface area contributed by atoms with E-state index in [4.69, 9.17) is 18.0 Å². The van der Waals surface area contributed by atoms with Crippen LogP contribution in [0.2, 0.25) is 0 Å². The normalized spacial score (nSPS) is 10.2. The highest BCUT2D eigenvalue weighted by Gasteiger charge is 2.16. The first kappa shape index (κ1) is 16.8. The molecule has 20 heavy (non-hydrogen) atoms. The largest absolute Gasteiger partial charge is 0.389 e. The highest BCUT2D eigenvalue weighted by atomic mass is 32.2. The summed E-state index contributed by atoms with van der Waals surface area (Å²) in [7, 11) is 1.87. The third-order valence-corrected chi connectivity index (χ3v) is 3.86. The highest BCUT2D eigenvalue weighted by Crippen LogP contribution is 2.30. The maximum atomic E-state index is 11.7. The monoisotopic (exact) mass is 311 g/mol. The second kappa shape index (κ2) is 8.11. The molecule has 0 atom stereocenters. The van der Waals surface area contributed by atoms with E-state index in [0.717, 1.165) is 21.9 Å². The van der Waals surface area contributed by atoms with Gasteiger partial charge in [-0.05, 0) is 24.8 Å². The van der Waals surface area contributed by atoms with Crippen molar-refractivity contribution >= 4 is 40.6 Å². The number of nitrogens with two attached hydrogens (primary N) is 1. The summed E-state index contributed by atoms with van der Waals surface area (Å²) >= 11 is 6.87. The van der Waals surface area contributed by atoms with Crippen LogP contribution < -0.4 is 16.0 Å². The number of carbonyl (C=O) groups excluding carboxylic acids is 1. The van der Waals surface area contributed by atoms with E-state index in [1.807, 2.05) is 37.1 Å². The zero-order valence-electron chi connectivity index (χ0n) is 12.1. The van der Waals surface area contributed by atoms with Crippen LogP contribution in [-0.4, -0.2) is 36.8 Å². The predicted octanol–water partition coefficient (Wildman–Crippen LogP) is 2.01. The van der Waals surface area contributed by atoms with E-state index < -0.39 is 0 Å². The Morgan fingerprint density at radius 2 is 2.15 bits per heavy atom. The number of thiocarbonyl (C=S) groups is 1. The van der Waals surface area contributed by atoms with Crippen molar-refractivity contribution in [2.45, 2.75) is 18.7 Å². The van der Waals surface area contributed by atoms with Crippen LogP contribution >= 0.6 is 24.0 Å². The molecule has 0 heterocycles. The number of rotatable bonds is 7. The molecule has 6 heteroatoms. The molecule has 0 aliphatic rings. The summed E-state index contributed by atoms with van der Waals surface area (Å²) in [6.45, 7) is 4.89. The van der Waals surface area contributed by atoms with Gasteiger partial charge in [0, 0.05) is 29.7 Å². The van der Waals surface area contributed by atoms with Crippen molar-refractivity contribution in [3.8, 4) is 0 Å². The lowest BCUT2D eigenvalue weighted by atomic mass is 10.1. The summed E-state index contributed by atoms with van der Waals surface area (Å²) in [5.74, 6) is 0.927. The molecule has 110 valence electrons. The fourth-order valence-electron chi connectivity index (χ4n) is 1.91. The second-order valence-corrected chi connectivity index (χ2v) is 6.00. The van der Waals surface area contributed by atoms with Crippen LogP contribution in [-0.2, 0) is 4.79 Å². The molecule has 0 unspecified atom stereocenters. The van der Waals surface area contributed by atoms with Crippen molar-refractivity contribution in [3.05, 3.63) is 23.8 Å². The zero-order valence-corrected chi connectivity index (χ0v) is 13.7. The van der Waals surface area contributed by atoms with Crippen LogP contribution in [0.25, 0.3) is 0 Å². The number of likely N-dealkylation sites (N-methyl/N-ethyl adjacent to an activating group) is 2. The molecule has 0 aliphatic carbocycles. The predicted molar refractivity (Wildman–Crippen MR) is 90.7 cm³/mol. The summed E-state index contributed by atoms with van der Waals surface area (Å²) in [6.07, 6.45) is 0. The number of amides is 1. The van der Waals surface area contributed by atoms with Crippen molar-refractivity contribution in [2.24, 2.45) is 5.73 Å². The Morgan fingerprint density at radius 3 is 2.70 bits per heavy atom. The zero-order chi connectivity index (χ0) is 15.1. The van der Waals surface area contributed by atoms with Gasteiger partial charge in [0.1, 0.15) is 4.99 Å². The fourth-order valence-corrected chi connectivity index (χ4v) is 3.04. The number of hydrogen-bond acceptors (Lipinski definition) is 4. The summed E-state index contributed by atoms with van der Waals surface area (Å²) < 4.78 is 0. The molecule has 1 rings (SSSR count). The van der Waals surface area contributed by atoms with Crippen LogP contribution in [0.4, 0.5) is 5.69 Å². The van der Waals surface area contributed by atoms with Crippen molar-refractivity contribution in [2.75, 3.05) is 30.8 Å². The van der Waals surface area contributed by atoms with Gasteiger partial charge in [0.2, 0.25) is 5.91 Å². The highest BCUT2D eigenvalue weighted by molar-refractivity contribution is 7.99. The topological polar surface area (TPSA) is 58.4 Å². The first-order valence-corrected chi connectivity index (χ1v) is 7.94. The molecule has 0 saturated carbocycles. The van der Waals surface area contributed by atoms with Gasteiger partial charge < -0.3 is 16.0 Å². The summed E-state index contributed by atoms with van der Waals surface area (Å²) in [4.78, 5) is 15.0. The number of anilines is 1. The molecule has 0 radical (unpaired) electrons. The van der Waals surface area contributed by atoms with E-state index in [-0.39, 0.29) is 12.5 Å². The Labute approximate surface area is 130 Å². The van der Waals surface area contributed by atoms with Crippen molar-refractivity contribution in [1.29, 1.82) is 0 Å².